The Labute approximate surface area is 109 Å². The van der Waals surface area contributed by atoms with Crippen LogP contribution < -0.4 is 10.6 Å². The Balaban J connectivity index is 2.04. The van der Waals surface area contributed by atoms with Crippen molar-refractivity contribution in [2.45, 2.75) is 12.8 Å². The molecule has 1 unspecified atom stereocenters. The van der Waals surface area contributed by atoms with Crippen molar-refractivity contribution in [3.63, 3.8) is 0 Å². The van der Waals surface area contributed by atoms with Crippen LogP contribution >= 0.6 is 15.9 Å². The van der Waals surface area contributed by atoms with Crippen molar-refractivity contribution in [2.24, 2.45) is 5.92 Å². The SMILES string of the molecule is O=C(Nc1cccc(Br)c1O)C1CCCNC1. The van der Waals surface area contributed by atoms with Crippen LogP contribution in [-0.2, 0) is 4.79 Å². The van der Waals surface area contributed by atoms with E-state index in [1.807, 2.05) is 0 Å². The van der Waals surface area contributed by atoms with Crippen molar-refractivity contribution in [2.75, 3.05) is 18.4 Å². The van der Waals surface area contributed by atoms with E-state index in [4.69, 9.17) is 0 Å². The van der Waals surface area contributed by atoms with Crippen LogP contribution in [0.1, 0.15) is 12.8 Å². The Morgan fingerprint density at radius 2 is 2.35 bits per heavy atom. The van der Waals surface area contributed by atoms with Gasteiger partial charge in [0, 0.05) is 6.54 Å². The summed E-state index contributed by atoms with van der Waals surface area (Å²) in [5.74, 6) is 0.0253. The fraction of sp³-hybridized carbons (Fsp3) is 0.417. The molecule has 0 aromatic heterocycles. The summed E-state index contributed by atoms with van der Waals surface area (Å²) in [6.07, 6.45) is 1.91. The first-order valence-electron chi connectivity index (χ1n) is 5.67. The second-order valence-electron chi connectivity index (χ2n) is 4.17. The number of nitrogens with one attached hydrogen (secondary N) is 2. The number of rotatable bonds is 2. The zero-order valence-electron chi connectivity index (χ0n) is 9.37. The molecule has 1 aliphatic heterocycles. The number of anilines is 1. The summed E-state index contributed by atoms with van der Waals surface area (Å²) in [7, 11) is 0. The van der Waals surface area contributed by atoms with Crippen LogP contribution in [0.5, 0.6) is 5.75 Å². The van der Waals surface area contributed by atoms with Gasteiger partial charge < -0.3 is 15.7 Å². The highest BCUT2D eigenvalue weighted by Crippen LogP contribution is 2.31. The topological polar surface area (TPSA) is 61.4 Å². The monoisotopic (exact) mass is 298 g/mol. The summed E-state index contributed by atoms with van der Waals surface area (Å²) < 4.78 is 0.581. The Morgan fingerprint density at radius 3 is 3.06 bits per heavy atom. The van der Waals surface area contributed by atoms with Gasteiger partial charge in [-0.1, -0.05) is 6.07 Å². The molecule has 2 rings (SSSR count). The fourth-order valence-electron chi connectivity index (χ4n) is 1.93. The van der Waals surface area contributed by atoms with Gasteiger partial charge in [0.2, 0.25) is 5.91 Å². The number of amides is 1. The van der Waals surface area contributed by atoms with Gasteiger partial charge in [-0.3, -0.25) is 4.79 Å². The molecule has 4 nitrogen and oxygen atoms in total. The second kappa shape index (κ2) is 5.51. The molecule has 1 heterocycles. The average Bonchev–Trinajstić information content (AvgIpc) is 2.36. The van der Waals surface area contributed by atoms with Gasteiger partial charge in [-0.2, -0.15) is 0 Å². The highest BCUT2D eigenvalue weighted by molar-refractivity contribution is 9.10. The summed E-state index contributed by atoms with van der Waals surface area (Å²) in [6, 6.07) is 5.19. The van der Waals surface area contributed by atoms with E-state index >= 15 is 0 Å². The van der Waals surface area contributed by atoms with Crippen LogP contribution in [0.15, 0.2) is 22.7 Å². The van der Waals surface area contributed by atoms with Gasteiger partial charge in [-0.15, -0.1) is 0 Å². The number of para-hydroxylation sites is 1. The lowest BCUT2D eigenvalue weighted by atomic mass is 9.99. The van der Waals surface area contributed by atoms with E-state index in [-0.39, 0.29) is 17.6 Å². The Morgan fingerprint density at radius 1 is 1.53 bits per heavy atom. The van der Waals surface area contributed by atoms with Crippen molar-refractivity contribution in [3.8, 4) is 5.75 Å². The molecule has 0 bridgehead atoms. The van der Waals surface area contributed by atoms with Gasteiger partial charge in [0.1, 0.15) is 0 Å². The maximum absolute atomic E-state index is 12.0. The number of phenols is 1. The molecule has 1 fully saturated rings. The van der Waals surface area contributed by atoms with Crippen molar-refractivity contribution in [1.29, 1.82) is 0 Å². The largest absolute Gasteiger partial charge is 0.505 e. The second-order valence-corrected chi connectivity index (χ2v) is 5.02. The third-order valence-corrected chi connectivity index (χ3v) is 3.55. The molecule has 17 heavy (non-hydrogen) atoms. The smallest absolute Gasteiger partial charge is 0.228 e. The molecule has 3 N–H and O–H groups in total. The standard InChI is InChI=1S/C12H15BrN2O2/c13-9-4-1-5-10(11(9)16)15-12(17)8-3-2-6-14-7-8/h1,4-5,8,14,16H,2-3,6-7H2,(H,15,17). The van der Waals surface area contributed by atoms with Crippen LogP contribution in [-0.4, -0.2) is 24.1 Å². The quantitative estimate of drug-likeness (QED) is 0.733. The van der Waals surface area contributed by atoms with Crippen molar-refractivity contribution in [1.82, 2.24) is 5.32 Å². The third-order valence-electron chi connectivity index (χ3n) is 2.91. The summed E-state index contributed by atoms with van der Waals surface area (Å²) in [5, 5.41) is 15.7. The average molecular weight is 299 g/mol. The molecule has 1 aromatic rings. The van der Waals surface area contributed by atoms with Crippen LogP contribution in [0, 0.1) is 5.92 Å². The first-order valence-corrected chi connectivity index (χ1v) is 6.47. The van der Waals surface area contributed by atoms with Gasteiger partial charge in [0.15, 0.2) is 5.75 Å². The number of phenolic OH excluding ortho intramolecular Hbond substituents is 1. The first kappa shape index (κ1) is 12.4. The van der Waals surface area contributed by atoms with Gasteiger partial charge >= 0.3 is 0 Å². The number of carbonyl (C=O) groups excluding carboxylic acids is 1. The lowest BCUT2D eigenvalue weighted by molar-refractivity contribution is -0.120. The minimum Gasteiger partial charge on any atom is -0.505 e. The molecule has 0 spiro atoms. The molecule has 5 heteroatoms. The molecule has 92 valence electrons. The van der Waals surface area contributed by atoms with Crippen LogP contribution in [0.4, 0.5) is 5.69 Å². The Kier molecular flexibility index (Phi) is 4.02. The van der Waals surface area contributed by atoms with Gasteiger partial charge in [-0.05, 0) is 47.4 Å². The first-order chi connectivity index (χ1) is 8.18. The minimum absolute atomic E-state index is 0.0119. The predicted octanol–water partition coefficient (Wildman–Crippen LogP) is 2.09. The van der Waals surface area contributed by atoms with E-state index in [2.05, 4.69) is 26.6 Å². The maximum atomic E-state index is 12.0. The van der Waals surface area contributed by atoms with E-state index in [0.717, 1.165) is 19.4 Å². The molecule has 0 saturated carbocycles. The lowest BCUT2D eigenvalue weighted by Crippen LogP contribution is -2.37. The van der Waals surface area contributed by atoms with E-state index < -0.39 is 0 Å². The molecule has 1 aromatic carbocycles. The van der Waals surface area contributed by atoms with Gasteiger partial charge in [0.05, 0.1) is 16.1 Å². The Hall–Kier alpha value is -1.07. The summed E-state index contributed by atoms with van der Waals surface area (Å²) in [5.41, 5.74) is 0.454. The van der Waals surface area contributed by atoms with Crippen molar-refractivity contribution < 1.29 is 9.90 Å². The highest BCUT2D eigenvalue weighted by atomic mass is 79.9. The molecular weight excluding hydrogens is 284 g/mol. The molecule has 0 radical (unpaired) electrons. The normalized spacial score (nSPS) is 19.9. The van der Waals surface area contributed by atoms with Crippen molar-refractivity contribution >= 4 is 27.5 Å². The van der Waals surface area contributed by atoms with E-state index in [1.54, 1.807) is 18.2 Å². The molecular formula is C12H15BrN2O2. The molecule has 1 amide bonds. The highest BCUT2D eigenvalue weighted by Gasteiger charge is 2.21. The van der Waals surface area contributed by atoms with E-state index in [0.29, 0.717) is 16.7 Å². The molecule has 1 saturated heterocycles. The minimum atomic E-state index is -0.0365. The number of halogens is 1. The number of aromatic hydroxyl groups is 1. The predicted molar refractivity (Wildman–Crippen MR) is 70.0 cm³/mol. The zero-order chi connectivity index (χ0) is 12.3. The maximum Gasteiger partial charge on any atom is 0.228 e. The number of benzene rings is 1. The molecule has 0 aliphatic carbocycles. The Bertz CT molecular complexity index is 417. The molecule has 1 atom stereocenters. The van der Waals surface area contributed by atoms with Crippen LogP contribution in [0.3, 0.4) is 0 Å². The van der Waals surface area contributed by atoms with Crippen LogP contribution in [0.2, 0.25) is 0 Å². The van der Waals surface area contributed by atoms with Crippen LogP contribution in [0.25, 0.3) is 0 Å². The fourth-order valence-corrected chi connectivity index (χ4v) is 2.29. The van der Waals surface area contributed by atoms with E-state index in [9.17, 15) is 9.90 Å². The van der Waals surface area contributed by atoms with E-state index in [1.165, 1.54) is 0 Å². The van der Waals surface area contributed by atoms with Gasteiger partial charge in [-0.25, -0.2) is 0 Å². The van der Waals surface area contributed by atoms with Gasteiger partial charge in [0.25, 0.3) is 0 Å². The number of carbonyl (C=O) groups is 1. The third kappa shape index (κ3) is 2.98. The zero-order valence-corrected chi connectivity index (χ0v) is 11.0. The molecule has 1 aliphatic rings. The summed E-state index contributed by atoms with van der Waals surface area (Å²) in [4.78, 5) is 12.0. The van der Waals surface area contributed by atoms with Crippen molar-refractivity contribution in [3.05, 3.63) is 22.7 Å². The lowest BCUT2D eigenvalue weighted by Gasteiger charge is -2.22. The summed E-state index contributed by atoms with van der Waals surface area (Å²) in [6.45, 7) is 1.69. The summed E-state index contributed by atoms with van der Waals surface area (Å²) >= 11 is 3.22. The number of piperidine rings is 1. The number of hydrogen-bond donors (Lipinski definition) is 3. The number of hydrogen-bond acceptors (Lipinski definition) is 3.